The van der Waals surface area contributed by atoms with E-state index in [0.717, 1.165) is 5.56 Å². The zero-order valence-corrected chi connectivity index (χ0v) is 11.3. The van der Waals surface area contributed by atoms with E-state index in [4.69, 9.17) is 9.52 Å². The van der Waals surface area contributed by atoms with Crippen molar-refractivity contribution in [2.45, 2.75) is 13.0 Å². The van der Waals surface area contributed by atoms with Crippen LogP contribution in [0.4, 0.5) is 4.79 Å². The van der Waals surface area contributed by atoms with Crippen LogP contribution in [0.25, 0.3) is 0 Å². The Balaban J connectivity index is 1.67. The lowest BCUT2D eigenvalue weighted by molar-refractivity contribution is 0.0691. The van der Waals surface area contributed by atoms with Crippen molar-refractivity contribution in [3.63, 3.8) is 0 Å². The number of carbonyl (C=O) groups is 2. The minimum absolute atomic E-state index is 0.0365. The summed E-state index contributed by atoms with van der Waals surface area (Å²) in [6.45, 7) is 0.784. The Bertz CT molecular complexity index is 579. The third-order valence-electron chi connectivity index (χ3n) is 2.43. The van der Waals surface area contributed by atoms with Gasteiger partial charge in [0, 0.05) is 30.5 Å². The second kappa shape index (κ2) is 6.71. The van der Waals surface area contributed by atoms with E-state index in [1.807, 2.05) is 0 Å². The molecule has 0 aromatic carbocycles. The number of furan rings is 1. The van der Waals surface area contributed by atoms with Crippen LogP contribution in [0.1, 0.15) is 21.1 Å². The molecular formula is C12H13N3O4S. The van der Waals surface area contributed by atoms with Crippen LogP contribution in [-0.4, -0.2) is 28.6 Å². The van der Waals surface area contributed by atoms with Gasteiger partial charge in [-0.25, -0.2) is 14.6 Å². The Labute approximate surface area is 118 Å². The molecule has 2 aromatic rings. The van der Waals surface area contributed by atoms with E-state index in [1.54, 1.807) is 12.3 Å². The van der Waals surface area contributed by atoms with Gasteiger partial charge in [0.25, 0.3) is 0 Å². The molecule has 0 fully saturated rings. The summed E-state index contributed by atoms with van der Waals surface area (Å²) in [5.74, 6) is -1.04. The van der Waals surface area contributed by atoms with Crippen LogP contribution in [0.3, 0.4) is 0 Å². The van der Waals surface area contributed by atoms with Crippen LogP contribution in [0.2, 0.25) is 0 Å². The van der Waals surface area contributed by atoms with Crippen LogP contribution >= 0.6 is 11.3 Å². The lowest BCUT2D eigenvalue weighted by Gasteiger charge is -2.05. The molecule has 2 heterocycles. The minimum atomic E-state index is -1.04. The van der Waals surface area contributed by atoms with Gasteiger partial charge in [0.15, 0.2) is 5.69 Å². The number of carboxylic acid groups (broad SMARTS) is 1. The third-order valence-corrected chi connectivity index (χ3v) is 3.34. The van der Waals surface area contributed by atoms with Crippen molar-refractivity contribution in [3.8, 4) is 0 Å². The molecule has 0 atom stereocenters. The SMILES string of the molecule is O=C(NCCc1nc(C(=O)O)cs1)NCc1ccoc1. The van der Waals surface area contributed by atoms with Crippen LogP contribution < -0.4 is 10.6 Å². The molecule has 0 unspecified atom stereocenters. The Kier molecular flexibility index (Phi) is 4.72. The standard InChI is InChI=1S/C12H13N3O4S/c16-11(17)9-7-20-10(15-9)1-3-13-12(18)14-5-8-2-4-19-6-8/h2,4,6-7H,1,3,5H2,(H,16,17)(H2,13,14,18). The van der Waals surface area contributed by atoms with Gasteiger partial charge in [-0.1, -0.05) is 0 Å². The number of amides is 2. The van der Waals surface area contributed by atoms with Gasteiger partial charge in [0.1, 0.15) is 0 Å². The molecule has 106 valence electrons. The minimum Gasteiger partial charge on any atom is -0.476 e. The molecule has 7 nitrogen and oxygen atoms in total. The van der Waals surface area contributed by atoms with Gasteiger partial charge >= 0.3 is 12.0 Å². The number of aromatic carboxylic acids is 1. The van der Waals surface area contributed by atoms with Crippen LogP contribution in [0.5, 0.6) is 0 Å². The number of thiazole rings is 1. The van der Waals surface area contributed by atoms with Crippen molar-refractivity contribution in [2.24, 2.45) is 0 Å². The number of nitrogens with zero attached hydrogens (tertiary/aromatic N) is 1. The topological polar surface area (TPSA) is 104 Å². The summed E-state index contributed by atoms with van der Waals surface area (Å²) in [5.41, 5.74) is 0.917. The van der Waals surface area contributed by atoms with E-state index in [1.165, 1.54) is 23.0 Å². The van der Waals surface area contributed by atoms with Crippen LogP contribution in [0, 0.1) is 0 Å². The van der Waals surface area contributed by atoms with Crippen molar-refractivity contribution >= 4 is 23.3 Å². The number of carboxylic acids is 1. The fourth-order valence-corrected chi connectivity index (χ4v) is 2.22. The summed E-state index contributed by atoms with van der Waals surface area (Å²) in [5, 5.41) is 16.2. The fourth-order valence-electron chi connectivity index (χ4n) is 1.44. The van der Waals surface area contributed by atoms with Gasteiger partial charge in [-0.2, -0.15) is 0 Å². The van der Waals surface area contributed by atoms with Gasteiger partial charge in [-0.15, -0.1) is 11.3 Å². The molecule has 8 heteroatoms. The number of nitrogens with one attached hydrogen (secondary N) is 2. The van der Waals surface area contributed by atoms with E-state index >= 15 is 0 Å². The average molecular weight is 295 g/mol. The van der Waals surface area contributed by atoms with Gasteiger partial charge in [0.2, 0.25) is 0 Å². The molecule has 0 spiro atoms. The van der Waals surface area contributed by atoms with Crippen molar-refractivity contribution in [3.05, 3.63) is 40.2 Å². The molecule has 0 aliphatic rings. The Morgan fingerprint density at radius 1 is 1.40 bits per heavy atom. The number of carbonyl (C=O) groups excluding carboxylic acids is 1. The van der Waals surface area contributed by atoms with Gasteiger partial charge in [-0.3, -0.25) is 0 Å². The lowest BCUT2D eigenvalue weighted by Crippen LogP contribution is -2.36. The molecule has 0 saturated heterocycles. The van der Waals surface area contributed by atoms with E-state index in [9.17, 15) is 9.59 Å². The highest BCUT2D eigenvalue weighted by molar-refractivity contribution is 7.09. The fraction of sp³-hybridized carbons (Fsp3) is 0.250. The second-order valence-corrected chi connectivity index (χ2v) is 4.87. The van der Waals surface area contributed by atoms with Gasteiger partial charge < -0.3 is 20.2 Å². The van der Waals surface area contributed by atoms with Crippen molar-refractivity contribution in [1.82, 2.24) is 15.6 Å². The zero-order valence-electron chi connectivity index (χ0n) is 10.5. The molecule has 0 aliphatic carbocycles. The largest absolute Gasteiger partial charge is 0.476 e. The van der Waals surface area contributed by atoms with Gasteiger partial charge in [0.05, 0.1) is 17.5 Å². The van der Waals surface area contributed by atoms with Crippen molar-refractivity contribution < 1.29 is 19.1 Å². The number of hydrogen-bond donors (Lipinski definition) is 3. The zero-order chi connectivity index (χ0) is 14.4. The highest BCUT2D eigenvalue weighted by Crippen LogP contribution is 2.09. The quantitative estimate of drug-likeness (QED) is 0.748. The summed E-state index contributed by atoms with van der Waals surface area (Å²) in [7, 11) is 0. The molecule has 0 aliphatic heterocycles. The number of hydrogen-bond acceptors (Lipinski definition) is 5. The van der Waals surface area contributed by atoms with Crippen molar-refractivity contribution in [2.75, 3.05) is 6.54 Å². The lowest BCUT2D eigenvalue weighted by atomic mass is 10.3. The Morgan fingerprint density at radius 2 is 2.25 bits per heavy atom. The first-order chi connectivity index (χ1) is 9.65. The molecule has 0 radical (unpaired) electrons. The molecule has 2 amide bonds. The summed E-state index contributed by atoms with van der Waals surface area (Å²) in [4.78, 5) is 26.1. The molecule has 0 saturated carbocycles. The number of rotatable bonds is 6. The van der Waals surface area contributed by atoms with E-state index in [0.29, 0.717) is 24.5 Å². The number of aromatic nitrogens is 1. The van der Waals surface area contributed by atoms with Gasteiger partial charge in [-0.05, 0) is 6.07 Å². The molecule has 2 rings (SSSR count). The van der Waals surface area contributed by atoms with Crippen LogP contribution in [-0.2, 0) is 13.0 Å². The van der Waals surface area contributed by atoms with E-state index in [-0.39, 0.29) is 11.7 Å². The van der Waals surface area contributed by atoms with Crippen molar-refractivity contribution in [1.29, 1.82) is 0 Å². The highest BCUT2D eigenvalue weighted by atomic mass is 32.1. The molecule has 3 N–H and O–H groups in total. The van der Waals surface area contributed by atoms with E-state index < -0.39 is 5.97 Å². The normalized spacial score (nSPS) is 10.2. The Morgan fingerprint density at radius 3 is 2.90 bits per heavy atom. The van der Waals surface area contributed by atoms with Crippen LogP contribution in [0.15, 0.2) is 28.4 Å². The maximum atomic E-state index is 11.5. The first-order valence-corrected chi connectivity index (χ1v) is 6.73. The maximum Gasteiger partial charge on any atom is 0.355 e. The summed E-state index contributed by atoms with van der Waals surface area (Å²) in [6.07, 6.45) is 3.60. The maximum absolute atomic E-state index is 11.5. The molecule has 20 heavy (non-hydrogen) atoms. The first kappa shape index (κ1) is 14.1. The number of urea groups is 1. The summed E-state index contributed by atoms with van der Waals surface area (Å²) < 4.78 is 4.88. The van der Waals surface area contributed by atoms with E-state index in [2.05, 4.69) is 15.6 Å². The molecular weight excluding hydrogens is 282 g/mol. The molecule has 2 aromatic heterocycles. The summed E-state index contributed by atoms with van der Waals surface area (Å²) >= 11 is 1.26. The summed E-state index contributed by atoms with van der Waals surface area (Å²) in [6, 6.07) is 1.48. The highest BCUT2D eigenvalue weighted by Gasteiger charge is 2.08. The predicted octanol–water partition coefficient (Wildman–Crippen LogP) is 1.48. The monoisotopic (exact) mass is 295 g/mol. The smallest absolute Gasteiger partial charge is 0.355 e. The predicted molar refractivity (Wildman–Crippen MR) is 71.7 cm³/mol. The Hall–Kier alpha value is -2.35. The first-order valence-electron chi connectivity index (χ1n) is 5.85. The average Bonchev–Trinajstić information content (AvgIpc) is 3.07. The molecule has 0 bridgehead atoms. The second-order valence-electron chi connectivity index (χ2n) is 3.92. The third kappa shape index (κ3) is 4.09.